The number of ether oxygens (including phenoxy) is 2. The largest absolute Gasteiger partial charge is 0.480 e. The Morgan fingerprint density at radius 2 is 1.94 bits per heavy atom. The van der Waals surface area contributed by atoms with Crippen molar-refractivity contribution in [2.75, 3.05) is 6.61 Å². The summed E-state index contributed by atoms with van der Waals surface area (Å²) in [6.07, 6.45) is 1.59. The molecular formula is C21H16Cl2N4O4. The second-order valence-corrected chi connectivity index (χ2v) is 7.10. The van der Waals surface area contributed by atoms with Crippen LogP contribution >= 0.6 is 23.2 Å². The van der Waals surface area contributed by atoms with Crippen LogP contribution in [0, 0.1) is 0 Å². The Bertz CT molecular complexity index is 1210. The molecule has 0 bridgehead atoms. The first kappa shape index (κ1) is 20.9. The highest BCUT2D eigenvalue weighted by Crippen LogP contribution is 2.29. The maximum Gasteiger partial charge on any atom is 0.362 e. The van der Waals surface area contributed by atoms with E-state index in [0.29, 0.717) is 15.6 Å². The third-order valence-electron chi connectivity index (χ3n) is 4.15. The molecule has 0 aliphatic rings. The van der Waals surface area contributed by atoms with E-state index in [-0.39, 0.29) is 36.4 Å². The van der Waals surface area contributed by atoms with Crippen molar-refractivity contribution in [3.63, 3.8) is 0 Å². The third kappa shape index (κ3) is 4.70. The molecular weight excluding hydrogens is 443 g/mol. The van der Waals surface area contributed by atoms with E-state index in [1.165, 1.54) is 4.68 Å². The lowest BCUT2D eigenvalue weighted by Gasteiger charge is -2.03. The molecule has 31 heavy (non-hydrogen) atoms. The Kier molecular flexibility index (Phi) is 6.20. The lowest BCUT2D eigenvalue weighted by molar-refractivity contribution is 0.0513. The van der Waals surface area contributed by atoms with Crippen molar-refractivity contribution >= 4 is 29.2 Å². The summed E-state index contributed by atoms with van der Waals surface area (Å²) in [7, 11) is 0. The number of rotatable bonds is 7. The minimum atomic E-state index is -0.591. The summed E-state index contributed by atoms with van der Waals surface area (Å²) in [5.41, 5.74) is 1.36. The summed E-state index contributed by atoms with van der Waals surface area (Å²) in [6.45, 7) is 1.85. The molecule has 2 heterocycles. The number of hydrogen-bond acceptors (Lipinski definition) is 7. The molecule has 0 unspecified atom stereocenters. The summed E-state index contributed by atoms with van der Waals surface area (Å²) in [6, 6.07) is 14.3. The number of hydrogen-bond donors (Lipinski definition) is 0. The van der Waals surface area contributed by atoms with E-state index >= 15 is 0 Å². The van der Waals surface area contributed by atoms with E-state index in [1.807, 2.05) is 30.3 Å². The molecule has 4 aromatic rings. The van der Waals surface area contributed by atoms with Gasteiger partial charge >= 0.3 is 5.97 Å². The van der Waals surface area contributed by atoms with Gasteiger partial charge in [-0.2, -0.15) is 5.10 Å². The molecule has 0 fully saturated rings. The number of para-hydroxylation sites is 1. The van der Waals surface area contributed by atoms with Gasteiger partial charge in [0, 0.05) is 5.02 Å². The predicted octanol–water partition coefficient (Wildman–Crippen LogP) is 4.98. The fourth-order valence-electron chi connectivity index (χ4n) is 2.74. The smallest absolute Gasteiger partial charge is 0.362 e. The SMILES string of the molecule is CCOC(=O)c1nn(-c2ccccc2)cc1OCc1nnc(-c2ccc(Cl)cc2Cl)o1. The first-order valence-corrected chi connectivity index (χ1v) is 10.0. The number of carbonyl (C=O) groups excluding carboxylic acids is 1. The van der Waals surface area contributed by atoms with E-state index in [9.17, 15) is 4.79 Å². The van der Waals surface area contributed by atoms with Gasteiger partial charge in [0.1, 0.15) is 0 Å². The van der Waals surface area contributed by atoms with Crippen LogP contribution < -0.4 is 4.74 Å². The van der Waals surface area contributed by atoms with Crippen molar-refractivity contribution in [1.82, 2.24) is 20.0 Å². The zero-order valence-corrected chi connectivity index (χ0v) is 17.8. The van der Waals surface area contributed by atoms with Crippen molar-refractivity contribution in [2.45, 2.75) is 13.5 Å². The highest BCUT2D eigenvalue weighted by molar-refractivity contribution is 6.36. The quantitative estimate of drug-likeness (QED) is 0.360. The van der Waals surface area contributed by atoms with Crippen molar-refractivity contribution in [2.24, 2.45) is 0 Å². The predicted molar refractivity (Wildman–Crippen MR) is 114 cm³/mol. The van der Waals surface area contributed by atoms with Gasteiger partial charge in [0.2, 0.25) is 11.6 Å². The molecule has 0 N–H and O–H groups in total. The summed E-state index contributed by atoms with van der Waals surface area (Å²) >= 11 is 12.1. The molecule has 0 saturated heterocycles. The van der Waals surface area contributed by atoms with Crippen LogP contribution in [0.4, 0.5) is 0 Å². The molecule has 0 spiro atoms. The van der Waals surface area contributed by atoms with Crippen molar-refractivity contribution < 1.29 is 18.7 Å². The van der Waals surface area contributed by atoms with Crippen LogP contribution in [-0.4, -0.2) is 32.6 Å². The van der Waals surface area contributed by atoms with Gasteiger partial charge in [0.05, 0.1) is 29.1 Å². The molecule has 0 aliphatic carbocycles. The number of benzene rings is 2. The molecule has 4 rings (SSSR count). The molecule has 8 nitrogen and oxygen atoms in total. The fourth-order valence-corrected chi connectivity index (χ4v) is 3.23. The maximum atomic E-state index is 12.3. The van der Waals surface area contributed by atoms with E-state index in [4.69, 9.17) is 37.1 Å². The van der Waals surface area contributed by atoms with Crippen molar-refractivity contribution in [1.29, 1.82) is 0 Å². The minimum absolute atomic E-state index is 0.0474. The summed E-state index contributed by atoms with van der Waals surface area (Å²) in [5.74, 6) is 0.0621. The minimum Gasteiger partial charge on any atom is -0.480 e. The Hall–Kier alpha value is -3.36. The van der Waals surface area contributed by atoms with Crippen molar-refractivity contribution in [3.05, 3.63) is 76.4 Å². The summed E-state index contributed by atoms with van der Waals surface area (Å²) in [5, 5.41) is 13.2. The Labute approximate surface area is 187 Å². The van der Waals surface area contributed by atoms with E-state index < -0.39 is 5.97 Å². The van der Waals surface area contributed by atoms with Gasteiger partial charge < -0.3 is 13.9 Å². The van der Waals surface area contributed by atoms with Gasteiger partial charge in [-0.25, -0.2) is 9.48 Å². The van der Waals surface area contributed by atoms with Crippen molar-refractivity contribution in [3.8, 4) is 22.9 Å². The third-order valence-corrected chi connectivity index (χ3v) is 4.70. The molecule has 0 radical (unpaired) electrons. The van der Waals surface area contributed by atoms with Gasteiger partial charge in [-0.1, -0.05) is 41.4 Å². The second kappa shape index (κ2) is 9.20. The van der Waals surface area contributed by atoms with E-state index in [0.717, 1.165) is 5.69 Å². The summed E-state index contributed by atoms with van der Waals surface area (Å²) in [4.78, 5) is 12.3. The number of carbonyl (C=O) groups is 1. The normalized spacial score (nSPS) is 10.8. The average Bonchev–Trinajstić information content (AvgIpc) is 3.40. The highest BCUT2D eigenvalue weighted by atomic mass is 35.5. The summed E-state index contributed by atoms with van der Waals surface area (Å²) < 4.78 is 18.0. The Balaban J connectivity index is 1.56. The lowest BCUT2D eigenvalue weighted by Crippen LogP contribution is -2.08. The maximum absolute atomic E-state index is 12.3. The lowest BCUT2D eigenvalue weighted by atomic mass is 10.2. The monoisotopic (exact) mass is 458 g/mol. The van der Waals surface area contributed by atoms with Gasteiger partial charge in [-0.05, 0) is 37.3 Å². The number of aromatic nitrogens is 4. The van der Waals surface area contributed by atoms with Gasteiger partial charge in [0.15, 0.2) is 12.4 Å². The van der Waals surface area contributed by atoms with Crippen LogP contribution in [-0.2, 0) is 11.3 Å². The fraction of sp³-hybridized carbons (Fsp3) is 0.143. The van der Waals surface area contributed by atoms with Crippen LogP contribution in [0.25, 0.3) is 17.1 Å². The Morgan fingerprint density at radius 3 is 2.68 bits per heavy atom. The molecule has 0 saturated carbocycles. The van der Waals surface area contributed by atoms with Gasteiger partial charge in [-0.15, -0.1) is 10.2 Å². The first-order valence-electron chi connectivity index (χ1n) is 9.28. The number of halogens is 2. The molecule has 2 aromatic carbocycles. The molecule has 10 heteroatoms. The number of nitrogens with zero attached hydrogens (tertiary/aromatic N) is 4. The molecule has 2 aromatic heterocycles. The van der Waals surface area contributed by atoms with Crippen LogP contribution in [0.1, 0.15) is 23.3 Å². The first-order chi connectivity index (χ1) is 15.0. The molecule has 0 aliphatic heterocycles. The van der Waals surface area contributed by atoms with Crippen LogP contribution in [0.3, 0.4) is 0 Å². The average molecular weight is 459 g/mol. The number of esters is 1. The standard InChI is InChI=1S/C21H16Cl2N4O4/c1-2-29-21(28)19-17(11-27(26-19)14-6-4-3-5-7-14)30-12-18-24-25-20(31-18)15-9-8-13(22)10-16(15)23/h3-11H,2,12H2,1H3. The molecule has 0 amide bonds. The van der Waals surface area contributed by atoms with Crippen LogP contribution in [0.5, 0.6) is 5.75 Å². The highest BCUT2D eigenvalue weighted by Gasteiger charge is 2.21. The van der Waals surface area contributed by atoms with Crippen LogP contribution in [0.15, 0.2) is 59.1 Å². The Morgan fingerprint density at radius 1 is 1.13 bits per heavy atom. The van der Waals surface area contributed by atoms with Crippen LogP contribution in [0.2, 0.25) is 10.0 Å². The zero-order valence-electron chi connectivity index (χ0n) is 16.3. The van der Waals surface area contributed by atoms with Gasteiger partial charge in [0.25, 0.3) is 5.89 Å². The zero-order chi connectivity index (χ0) is 21.8. The van der Waals surface area contributed by atoms with E-state index in [1.54, 1.807) is 31.3 Å². The second-order valence-electron chi connectivity index (χ2n) is 6.26. The molecule has 0 atom stereocenters. The van der Waals surface area contributed by atoms with Gasteiger partial charge in [-0.3, -0.25) is 0 Å². The topological polar surface area (TPSA) is 92.3 Å². The van der Waals surface area contributed by atoms with E-state index in [2.05, 4.69) is 15.3 Å². The molecule has 158 valence electrons.